The van der Waals surface area contributed by atoms with E-state index in [9.17, 15) is 9.59 Å². The van der Waals surface area contributed by atoms with E-state index in [4.69, 9.17) is 6.42 Å². The number of rotatable bonds is 2. The van der Waals surface area contributed by atoms with E-state index in [0.717, 1.165) is 24.9 Å². The number of nitrogens with one attached hydrogen (secondary N) is 1. The predicted molar refractivity (Wildman–Crippen MR) is 94.2 cm³/mol. The maximum atomic E-state index is 12.8. The molecule has 1 amide bonds. The summed E-state index contributed by atoms with van der Waals surface area (Å²) in [6.45, 7) is 1.38. The van der Waals surface area contributed by atoms with Crippen LogP contribution < -0.4 is 5.56 Å². The number of nitrogens with zero attached hydrogens (tertiary/aromatic N) is 2. The lowest BCUT2D eigenvalue weighted by Gasteiger charge is -2.43. The second-order valence-corrected chi connectivity index (χ2v) is 7.03. The third-order valence-corrected chi connectivity index (χ3v) is 5.65. The van der Waals surface area contributed by atoms with Crippen molar-refractivity contribution in [3.63, 3.8) is 0 Å². The summed E-state index contributed by atoms with van der Waals surface area (Å²) in [5.41, 5.74) is 2.14. The van der Waals surface area contributed by atoms with Crippen molar-refractivity contribution >= 4 is 5.91 Å². The number of hydrogen-bond donors (Lipinski definition) is 1. The zero-order chi connectivity index (χ0) is 17.4. The highest BCUT2D eigenvalue weighted by Crippen LogP contribution is 2.55. The molecule has 126 valence electrons. The summed E-state index contributed by atoms with van der Waals surface area (Å²) in [6.07, 6.45) is 11.5. The van der Waals surface area contributed by atoms with Crippen molar-refractivity contribution in [2.24, 2.45) is 5.41 Å². The van der Waals surface area contributed by atoms with Gasteiger partial charge in [0.15, 0.2) is 0 Å². The fraction of sp³-hybridized carbons (Fsp3) is 0.350. The van der Waals surface area contributed by atoms with Crippen molar-refractivity contribution in [2.45, 2.75) is 25.2 Å². The number of likely N-dealkylation sites (tertiary alicyclic amines) is 1. The van der Waals surface area contributed by atoms with Crippen LogP contribution in [0.1, 0.15) is 46.8 Å². The number of hydrogen-bond acceptors (Lipinski definition) is 3. The number of amides is 1. The summed E-state index contributed by atoms with van der Waals surface area (Å²) in [4.78, 5) is 32.5. The standard InChI is InChI=1S/C20H19N3O2/c1-2-14-4-6-15(7-5-14)16-12-23(13-20(16)8-3-9-20)19(25)17-10-21-11-18(24)22-17/h1,4-7,10-11,16H,3,8-9,12-13H2,(H,22,24)/t16-/m1/s1. The van der Waals surface area contributed by atoms with Crippen LogP contribution in [0.3, 0.4) is 0 Å². The maximum absolute atomic E-state index is 12.8. The van der Waals surface area contributed by atoms with Gasteiger partial charge in [0.05, 0.1) is 12.4 Å². The maximum Gasteiger partial charge on any atom is 0.272 e. The highest BCUT2D eigenvalue weighted by molar-refractivity contribution is 5.92. The normalized spacial score (nSPS) is 20.9. The first-order valence-corrected chi connectivity index (χ1v) is 8.51. The fourth-order valence-electron chi connectivity index (χ4n) is 4.19. The summed E-state index contributed by atoms with van der Waals surface area (Å²) in [5, 5.41) is 0. The lowest BCUT2D eigenvalue weighted by molar-refractivity contribution is 0.0719. The van der Waals surface area contributed by atoms with Gasteiger partial charge in [-0.2, -0.15) is 0 Å². The first kappa shape index (κ1) is 15.6. The second kappa shape index (κ2) is 5.89. The van der Waals surface area contributed by atoms with Gasteiger partial charge in [-0.05, 0) is 36.0 Å². The molecule has 1 spiro atoms. The molecule has 5 heteroatoms. The Morgan fingerprint density at radius 2 is 2.04 bits per heavy atom. The minimum atomic E-state index is -0.357. The van der Waals surface area contributed by atoms with E-state index in [1.807, 2.05) is 17.0 Å². The van der Waals surface area contributed by atoms with Crippen molar-refractivity contribution in [1.29, 1.82) is 0 Å². The molecule has 1 atom stereocenters. The largest absolute Gasteiger partial charge is 0.336 e. The van der Waals surface area contributed by atoms with Gasteiger partial charge in [-0.1, -0.05) is 24.5 Å². The van der Waals surface area contributed by atoms with Gasteiger partial charge in [-0.15, -0.1) is 6.42 Å². The minimum Gasteiger partial charge on any atom is -0.336 e. The molecule has 2 fully saturated rings. The fourth-order valence-corrected chi connectivity index (χ4v) is 4.19. The molecule has 0 radical (unpaired) electrons. The summed E-state index contributed by atoms with van der Waals surface area (Å²) >= 11 is 0. The molecular formula is C20H19N3O2. The van der Waals surface area contributed by atoms with E-state index in [1.165, 1.54) is 24.4 Å². The van der Waals surface area contributed by atoms with E-state index in [1.54, 1.807) is 0 Å². The van der Waals surface area contributed by atoms with Crippen LogP contribution in [0.2, 0.25) is 0 Å². The average Bonchev–Trinajstić information content (AvgIpc) is 3.02. The molecule has 0 bridgehead atoms. The minimum absolute atomic E-state index is 0.149. The Morgan fingerprint density at radius 3 is 2.64 bits per heavy atom. The summed E-state index contributed by atoms with van der Waals surface area (Å²) < 4.78 is 0. The molecule has 0 unspecified atom stereocenters. The molecule has 1 aliphatic carbocycles. The van der Waals surface area contributed by atoms with Crippen LogP contribution in [0.25, 0.3) is 0 Å². The molecule has 1 aromatic heterocycles. The highest BCUT2D eigenvalue weighted by Gasteiger charge is 2.52. The van der Waals surface area contributed by atoms with Gasteiger partial charge in [0.1, 0.15) is 5.69 Å². The van der Waals surface area contributed by atoms with Crippen molar-refractivity contribution in [3.8, 4) is 12.3 Å². The zero-order valence-corrected chi connectivity index (χ0v) is 13.9. The SMILES string of the molecule is C#Cc1ccc([C@H]2CN(C(=O)c3cncc(=O)[nH]3)CC23CCC3)cc1. The lowest BCUT2D eigenvalue weighted by Crippen LogP contribution is -2.38. The van der Waals surface area contributed by atoms with E-state index in [0.29, 0.717) is 12.5 Å². The van der Waals surface area contributed by atoms with Gasteiger partial charge in [0.2, 0.25) is 0 Å². The van der Waals surface area contributed by atoms with E-state index in [2.05, 4.69) is 28.0 Å². The number of H-pyrrole nitrogens is 1. The molecule has 2 heterocycles. The Kier molecular flexibility index (Phi) is 3.69. The molecule has 5 nitrogen and oxygen atoms in total. The van der Waals surface area contributed by atoms with Crippen LogP contribution >= 0.6 is 0 Å². The number of terminal acetylenes is 1. The second-order valence-electron chi connectivity index (χ2n) is 7.03. The number of carbonyl (C=O) groups is 1. The summed E-state index contributed by atoms with van der Waals surface area (Å²) in [5.74, 6) is 2.79. The van der Waals surface area contributed by atoms with Crippen molar-refractivity contribution < 1.29 is 4.79 Å². The molecule has 2 aliphatic rings. The first-order chi connectivity index (χ1) is 12.1. The van der Waals surface area contributed by atoms with Gasteiger partial charge < -0.3 is 9.88 Å². The van der Waals surface area contributed by atoms with E-state index >= 15 is 0 Å². The quantitative estimate of drug-likeness (QED) is 0.857. The van der Waals surface area contributed by atoms with Crippen LogP contribution in [0.15, 0.2) is 41.5 Å². The molecule has 2 aromatic rings. The van der Waals surface area contributed by atoms with Gasteiger partial charge in [0, 0.05) is 24.6 Å². The van der Waals surface area contributed by atoms with Crippen LogP contribution in [-0.4, -0.2) is 33.9 Å². The van der Waals surface area contributed by atoms with Gasteiger partial charge in [0.25, 0.3) is 11.5 Å². The van der Waals surface area contributed by atoms with Crippen LogP contribution in [0, 0.1) is 17.8 Å². The highest BCUT2D eigenvalue weighted by atomic mass is 16.2. The Balaban J connectivity index is 1.62. The summed E-state index contributed by atoms with van der Waals surface area (Å²) in [6, 6.07) is 8.09. The molecular weight excluding hydrogens is 314 g/mol. The van der Waals surface area contributed by atoms with Crippen molar-refractivity contribution in [2.75, 3.05) is 13.1 Å². The Hall–Kier alpha value is -2.87. The average molecular weight is 333 g/mol. The van der Waals surface area contributed by atoms with E-state index < -0.39 is 0 Å². The molecule has 1 N–H and O–H groups in total. The smallest absolute Gasteiger partial charge is 0.272 e. The molecule has 1 aliphatic heterocycles. The van der Waals surface area contributed by atoms with Crippen LogP contribution in [0.4, 0.5) is 0 Å². The zero-order valence-electron chi connectivity index (χ0n) is 13.9. The molecule has 1 saturated heterocycles. The predicted octanol–water partition coefficient (Wildman–Crippen LogP) is 2.16. The number of carbonyl (C=O) groups excluding carboxylic acids is 1. The Bertz CT molecular complexity index is 904. The summed E-state index contributed by atoms with van der Waals surface area (Å²) in [7, 11) is 0. The Labute approximate surface area is 146 Å². The molecule has 1 saturated carbocycles. The van der Waals surface area contributed by atoms with E-state index in [-0.39, 0.29) is 22.6 Å². The van der Waals surface area contributed by atoms with Gasteiger partial charge in [-0.25, -0.2) is 0 Å². The topological polar surface area (TPSA) is 66.1 Å². The van der Waals surface area contributed by atoms with Gasteiger partial charge >= 0.3 is 0 Å². The third-order valence-electron chi connectivity index (χ3n) is 5.65. The molecule has 25 heavy (non-hydrogen) atoms. The number of aromatic amines is 1. The molecule has 1 aromatic carbocycles. The first-order valence-electron chi connectivity index (χ1n) is 8.51. The van der Waals surface area contributed by atoms with Crippen molar-refractivity contribution in [3.05, 3.63) is 63.8 Å². The van der Waals surface area contributed by atoms with Crippen molar-refractivity contribution in [1.82, 2.24) is 14.9 Å². The van der Waals surface area contributed by atoms with Gasteiger partial charge in [-0.3, -0.25) is 14.6 Å². The van der Waals surface area contributed by atoms with Crippen LogP contribution in [-0.2, 0) is 0 Å². The number of aromatic nitrogens is 2. The Morgan fingerprint density at radius 1 is 1.28 bits per heavy atom. The third kappa shape index (κ3) is 2.64. The lowest BCUT2D eigenvalue weighted by atomic mass is 9.61. The number of benzene rings is 1. The van der Waals surface area contributed by atoms with Crippen LogP contribution in [0.5, 0.6) is 0 Å². The monoisotopic (exact) mass is 333 g/mol. The molecule has 4 rings (SSSR count).